The van der Waals surface area contributed by atoms with E-state index in [1.54, 1.807) is 45.0 Å². The summed E-state index contributed by atoms with van der Waals surface area (Å²) in [6.07, 6.45) is 0.0931. The van der Waals surface area contributed by atoms with Gasteiger partial charge in [0.25, 0.3) is 5.91 Å². The van der Waals surface area contributed by atoms with E-state index >= 15 is 0 Å². The van der Waals surface area contributed by atoms with Gasteiger partial charge in [-0.25, -0.2) is 4.79 Å². The molecule has 40 heavy (non-hydrogen) atoms. The van der Waals surface area contributed by atoms with Crippen LogP contribution in [0.3, 0.4) is 0 Å². The molecule has 4 amide bonds. The molecule has 0 spiro atoms. The number of benzene rings is 3. The van der Waals surface area contributed by atoms with Gasteiger partial charge in [0.15, 0.2) is 0 Å². The molecular formula is C31H36N4O5. The lowest BCUT2D eigenvalue weighted by Gasteiger charge is -2.33. The molecule has 0 aliphatic carbocycles. The summed E-state index contributed by atoms with van der Waals surface area (Å²) < 4.78 is 5.29. The minimum atomic E-state index is -1.37. The third kappa shape index (κ3) is 8.17. The van der Waals surface area contributed by atoms with Crippen molar-refractivity contribution in [3.8, 4) is 0 Å². The van der Waals surface area contributed by atoms with Crippen LogP contribution in [-0.4, -0.2) is 46.9 Å². The summed E-state index contributed by atoms with van der Waals surface area (Å²) in [6, 6.07) is 18.0. The predicted molar refractivity (Wildman–Crippen MR) is 155 cm³/mol. The van der Waals surface area contributed by atoms with E-state index in [0.717, 1.165) is 16.3 Å². The van der Waals surface area contributed by atoms with E-state index in [2.05, 4.69) is 17.2 Å². The highest BCUT2D eigenvalue weighted by Gasteiger charge is 2.36. The predicted octanol–water partition coefficient (Wildman–Crippen LogP) is 4.61. The van der Waals surface area contributed by atoms with Crippen molar-refractivity contribution < 1.29 is 23.9 Å². The smallest absolute Gasteiger partial charge is 0.408 e. The molecule has 210 valence electrons. The molecule has 9 heteroatoms. The average Bonchev–Trinajstić information content (AvgIpc) is 2.86. The maximum atomic E-state index is 13.9. The Morgan fingerprint density at radius 2 is 1.70 bits per heavy atom. The summed E-state index contributed by atoms with van der Waals surface area (Å²) in [4.78, 5) is 53.5. The quantitative estimate of drug-likeness (QED) is 0.321. The fourth-order valence-corrected chi connectivity index (χ4v) is 4.30. The van der Waals surface area contributed by atoms with Gasteiger partial charge in [0, 0.05) is 12.2 Å². The number of nitrogens with two attached hydrogens (primary N) is 1. The van der Waals surface area contributed by atoms with Crippen molar-refractivity contribution in [1.29, 1.82) is 0 Å². The highest BCUT2D eigenvalue weighted by molar-refractivity contribution is 6.01. The number of hydrogen-bond donors (Lipinski definition) is 3. The van der Waals surface area contributed by atoms with Gasteiger partial charge in [0.05, 0.1) is 6.42 Å². The van der Waals surface area contributed by atoms with Crippen LogP contribution in [-0.2, 0) is 19.1 Å². The monoisotopic (exact) mass is 544 g/mol. The summed E-state index contributed by atoms with van der Waals surface area (Å²) in [5.74, 6) is -1.98. The lowest BCUT2D eigenvalue weighted by atomic mass is 10.00. The van der Waals surface area contributed by atoms with Crippen molar-refractivity contribution in [2.24, 2.45) is 5.73 Å². The van der Waals surface area contributed by atoms with Crippen molar-refractivity contribution >= 4 is 40.3 Å². The van der Waals surface area contributed by atoms with Gasteiger partial charge in [-0.1, -0.05) is 66.2 Å². The van der Waals surface area contributed by atoms with Crippen LogP contribution in [0.1, 0.15) is 44.4 Å². The van der Waals surface area contributed by atoms with E-state index in [0.29, 0.717) is 11.3 Å². The Morgan fingerprint density at radius 3 is 2.33 bits per heavy atom. The first-order chi connectivity index (χ1) is 18.9. The number of rotatable bonds is 10. The van der Waals surface area contributed by atoms with E-state index in [1.807, 2.05) is 49.4 Å². The van der Waals surface area contributed by atoms with Crippen molar-refractivity contribution in [2.45, 2.75) is 51.8 Å². The molecule has 9 nitrogen and oxygen atoms in total. The minimum Gasteiger partial charge on any atom is -0.444 e. The molecule has 3 aromatic carbocycles. The summed E-state index contributed by atoms with van der Waals surface area (Å²) in [5.41, 5.74) is 6.56. The molecule has 3 rings (SSSR count). The van der Waals surface area contributed by atoms with Crippen molar-refractivity contribution in [3.05, 3.63) is 90.5 Å². The third-order valence-corrected chi connectivity index (χ3v) is 5.94. The number of amides is 4. The summed E-state index contributed by atoms with van der Waals surface area (Å²) in [6.45, 7) is 10.6. The van der Waals surface area contributed by atoms with Gasteiger partial charge in [0.1, 0.15) is 17.7 Å². The average molecular weight is 545 g/mol. The Labute approximate surface area is 234 Å². The molecule has 2 unspecified atom stereocenters. The number of aryl methyl sites for hydroxylation is 1. The highest BCUT2D eigenvalue weighted by atomic mass is 16.6. The van der Waals surface area contributed by atoms with Crippen molar-refractivity contribution in [3.63, 3.8) is 0 Å². The molecule has 0 heterocycles. The van der Waals surface area contributed by atoms with Crippen LogP contribution in [0.2, 0.25) is 0 Å². The second-order valence-corrected chi connectivity index (χ2v) is 10.5. The van der Waals surface area contributed by atoms with Gasteiger partial charge in [-0.05, 0) is 56.2 Å². The summed E-state index contributed by atoms with van der Waals surface area (Å²) >= 11 is 0. The normalized spacial score (nSPS) is 12.6. The van der Waals surface area contributed by atoms with Crippen molar-refractivity contribution in [1.82, 2.24) is 10.2 Å². The number of fused-ring (bicyclic) bond motifs is 1. The maximum Gasteiger partial charge on any atom is 0.408 e. The van der Waals surface area contributed by atoms with E-state index < -0.39 is 47.9 Å². The molecule has 0 saturated heterocycles. The highest BCUT2D eigenvalue weighted by Crippen LogP contribution is 2.27. The number of ether oxygens (including phenoxy) is 1. The lowest BCUT2D eigenvalue weighted by Crippen LogP contribution is -2.53. The van der Waals surface area contributed by atoms with E-state index in [4.69, 9.17) is 10.5 Å². The second kappa shape index (κ2) is 12.9. The first-order valence-electron chi connectivity index (χ1n) is 12.9. The zero-order chi connectivity index (χ0) is 29.4. The fraction of sp³-hybridized carbons (Fsp3) is 0.290. The van der Waals surface area contributed by atoms with Gasteiger partial charge in [-0.2, -0.15) is 0 Å². The van der Waals surface area contributed by atoms with Gasteiger partial charge in [-0.15, -0.1) is 6.58 Å². The van der Waals surface area contributed by atoms with Crippen LogP contribution < -0.4 is 16.4 Å². The molecule has 0 saturated carbocycles. The number of hydrogen-bond acceptors (Lipinski definition) is 5. The van der Waals surface area contributed by atoms with Gasteiger partial charge in [0.2, 0.25) is 11.8 Å². The third-order valence-electron chi connectivity index (χ3n) is 5.94. The number of nitrogens with one attached hydrogen (secondary N) is 2. The van der Waals surface area contributed by atoms with E-state index in [1.165, 1.54) is 11.0 Å². The number of nitrogens with zero attached hydrogens (tertiary/aromatic N) is 1. The topological polar surface area (TPSA) is 131 Å². The Hall–Kier alpha value is -4.66. The molecule has 0 bridgehead atoms. The Bertz CT molecular complexity index is 1410. The standard InChI is InChI=1S/C31H36N4O5/c1-6-16-35(29(38)25(19-26(32)36)34-30(39)40-31(3,4)5)27(23-13-9-10-20(2)17-23)28(37)33-24-15-14-21-11-7-8-12-22(21)18-24/h6-15,17-18,25,27H,1,16,19H2,2-5H3,(H2,32,36)(H,33,37)(H,34,39). The molecule has 0 radical (unpaired) electrons. The van der Waals surface area contributed by atoms with E-state index in [9.17, 15) is 19.2 Å². The number of anilines is 1. The van der Waals surface area contributed by atoms with Crippen LogP contribution in [0.15, 0.2) is 79.4 Å². The van der Waals surface area contributed by atoms with Crippen LogP contribution >= 0.6 is 0 Å². The number of carbonyl (C=O) groups excluding carboxylic acids is 4. The summed E-state index contributed by atoms with van der Waals surface area (Å²) in [7, 11) is 0. The molecule has 3 aromatic rings. The van der Waals surface area contributed by atoms with Gasteiger partial charge in [-0.3, -0.25) is 14.4 Å². The van der Waals surface area contributed by atoms with Crippen LogP contribution in [0.4, 0.5) is 10.5 Å². The number of carbonyl (C=O) groups is 4. The molecule has 4 N–H and O–H groups in total. The molecule has 0 aliphatic heterocycles. The van der Waals surface area contributed by atoms with Crippen LogP contribution in [0.25, 0.3) is 10.8 Å². The zero-order valence-electron chi connectivity index (χ0n) is 23.3. The summed E-state index contributed by atoms with van der Waals surface area (Å²) in [5, 5.41) is 7.33. The fourth-order valence-electron chi connectivity index (χ4n) is 4.30. The molecule has 0 aromatic heterocycles. The molecule has 0 fully saturated rings. The molecular weight excluding hydrogens is 508 g/mol. The lowest BCUT2D eigenvalue weighted by molar-refractivity contribution is -0.141. The Kier molecular flexibility index (Phi) is 9.66. The van der Waals surface area contributed by atoms with Crippen LogP contribution in [0, 0.1) is 6.92 Å². The largest absolute Gasteiger partial charge is 0.444 e. The van der Waals surface area contributed by atoms with Gasteiger partial charge < -0.3 is 26.0 Å². The molecule has 0 aliphatic rings. The number of alkyl carbamates (subject to hydrolysis) is 1. The van der Waals surface area contributed by atoms with Crippen LogP contribution in [0.5, 0.6) is 0 Å². The Morgan fingerprint density at radius 1 is 1.00 bits per heavy atom. The minimum absolute atomic E-state index is 0.0478. The maximum absolute atomic E-state index is 13.9. The Balaban J connectivity index is 2.01. The number of primary amides is 1. The molecule has 2 atom stereocenters. The van der Waals surface area contributed by atoms with E-state index in [-0.39, 0.29) is 6.54 Å². The van der Waals surface area contributed by atoms with Gasteiger partial charge >= 0.3 is 6.09 Å². The first-order valence-corrected chi connectivity index (χ1v) is 12.9. The second-order valence-electron chi connectivity index (χ2n) is 10.5. The first kappa shape index (κ1) is 29.9. The SMILES string of the molecule is C=CCN(C(=O)C(CC(N)=O)NC(=O)OC(C)(C)C)C(C(=O)Nc1ccc2ccccc2c1)c1cccc(C)c1. The zero-order valence-corrected chi connectivity index (χ0v) is 23.3. The van der Waals surface area contributed by atoms with Crippen molar-refractivity contribution in [2.75, 3.05) is 11.9 Å².